The average Bonchev–Trinajstić information content (AvgIpc) is 2.48. The Morgan fingerprint density at radius 3 is 1.27 bits per heavy atom. The molecule has 2 aromatic rings. The maximum atomic E-state index is 9.89. The fraction of sp³-hybridized carbons (Fsp3) is 0. The second kappa shape index (κ2) is 11.8. The second-order valence-electron chi connectivity index (χ2n) is 3.38. The van der Waals surface area contributed by atoms with Crippen molar-refractivity contribution in [1.82, 2.24) is 0 Å². The van der Waals surface area contributed by atoms with Crippen LogP contribution in [0.15, 0.2) is 57.5 Å². The Balaban J connectivity index is 0.000000326. The number of nitrogens with zero attached hydrogens (tertiary/aromatic N) is 4. The first-order valence-corrected chi connectivity index (χ1v) is 7.16. The lowest BCUT2D eigenvalue weighted by atomic mass is 10.3. The number of rotatable bonds is 0. The lowest BCUT2D eigenvalue weighted by Crippen LogP contribution is -2.39. The highest BCUT2D eigenvalue weighted by atomic mass is 79.9. The highest BCUT2D eigenvalue weighted by Gasteiger charge is 2.07. The van der Waals surface area contributed by atoms with Gasteiger partial charge in [0.25, 0.3) is 0 Å². The quantitative estimate of drug-likeness (QED) is 0.472. The Labute approximate surface area is 143 Å². The third-order valence-corrected chi connectivity index (χ3v) is 3.26. The number of hydrogen-bond acceptors (Lipinski definition) is 4. The van der Waals surface area contributed by atoms with Crippen molar-refractivity contribution < 1.29 is 14.4 Å². The summed E-state index contributed by atoms with van der Waals surface area (Å²) in [5.74, 6) is 0. The van der Waals surface area contributed by atoms with Gasteiger partial charge in [0.2, 0.25) is 10.8 Å². The van der Waals surface area contributed by atoms with E-state index in [-0.39, 0.29) is 0 Å². The fourth-order valence-electron chi connectivity index (χ4n) is 1.07. The van der Waals surface area contributed by atoms with E-state index in [2.05, 4.69) is 41.8 Å². The zero-order chi connectivity index (χ0) is 17.0. The molecule has 2 aromatic carbocycles. The summed E-state index contributed by atoms with van der Waals surface area (Å²) in [6.45, 7) is 0. The van der Waals surface area contributed by atoms with Gasteiger partial charge in [-0.1, -0.05) is 24.3 Å². The Morgan fingerprint density at radius 1 is 0.818 bits per heavy atom. The first-order chi connectivity index (χ1) is 10.4. The van der Waals surface area contributed by atoms with Crippen molar-refractivity contribution in [3.63, 3.8) is 0 Å². The van der Waals surface area contributed by atoms with E-state index in [0.717, 1.165) is 8.95 Å². The SMILES string of the molecule is N#[N+]c1ccccc1Br.N#[N+]c1ccccc1Br.[O-]B([O-])F. The Hall–Kier alpha value is -1.85. The highest BCUT2D eigenvalue weighted by molar-refractivity contribution is 9.11. The molecular formula is C12H8BBr2FN4O2. The van der Waals surface area contributed by atoms with E-state index >= 15 is 0 Å². The molecule has 6 nitrogen and oxygen atoms in total. The van der Waals surface area contributed by atoms with Crippen LogP contribution in [0.2, 0.25) is 0 Å². The molecule has 0 spiro atoms. The maximum Gasteiger partial charge on any atom is 0.399 e. The normalized spacial score (nSPS) is 8.14. The van der Waals surface area contributed by atoms with Gasteiger partial charge in [-0.2, -0.15) is 0 Å². The van der Waals surface area contributed by atoms with Crippen LogP contribution < -0.4 is 10.0 Å². The van der Waals surface area contributed by atoms with Crippen molar-refractivity contribution in [1.29, 1.82) is 10.8 Å². The summed E-state index contributed by atoms with van der Waals surface area (Å²) < 4.78 is 11.5. The summed E-state index contributed by atoms with van der Waals surface area (Å²) in [6.07, 6.45) is 0. The first kappa shape index (κ1) is 20.2. The molecule has 0 N–H and O–H groups in total. The third-order valence-electron chi connectivity index (χ3n) is 1.92. The van der Waals surface area contributed by atoms with Crippen LogP contribution in [0.3, 0.4) is 0 Å². The van der Waals surface area contributed by atoms with Gasteiger partial charge in [0, 0.05) is 12.1 Å². The molecule has 22 heavy (non-hydrogen) atoms. The van der Waals surface area contributed by atoms with Crippen LogP contribution in [0.5, 0.6) is 0 Å². The van der Waals surface area contributed by atoms with E-state index in [1.54, 1.807) is 24.3 Å². The van der Waals surface area contributed by atoms with Gasteiger partial charge in [0.1, 0.15) is 16.3 Å². The van der Waals surface area contributed by atoms with Crippen LogP contribution in [-0.2, 0) is 0 Å². The van der Waals surface area contributed by atoms with Gasteiger partial charge in [0.15, 0.2) is 9.95 Å². The van der Waals surface area contributed by atoms with Crippen molar-refractivity contribution in [3.05, 3.63) is 67.4 Å². The monoisotopic (exact) mass is 428 g/mol. The predicted molar refractivity (Wildman–Crippen MR) is 84.6 cm³/mol. The molecule has 10 heteroatoms. The van der Waals surface area contributed by atoms with Gasteiger partial charge in [-0.05, 0) is 44.0 Å². The molecule has 0 saturated carbocycles. The topological polar surface area (TPSA) is 102 Å². The molecule has 0 aliphatic carbocycles. The second-order valence-corrected chi connectivity index (χ2v) is 5.09. The standard InChI is InChI=1S/2C6H4BrN2.BFO2/c2*7-5-3-1-2-4-6(5)9-8;2-1(3)4/h2*1-4H;/q2*+1;-2. The molecule has 0 aliphatic heterocycles. The number of diazo groups is 2. The molecule has 0 heterocycles. The lowest BCUT2D eigenvalue weighted by Gasteiger charge is -2.09. The summed E-state index contributed by atoms with van der Waals surface area (Å²) in [5.41, 5.74) is 1.11. The number of benzene rings is 2. The maximum absolute atomic E-state index is 9.89. The minimum Gasteiger partial charge on any atom is -0.867 e. The smallest absolute Gasteiger partial charge is 0.399 e. The number of halogens is 3. The van der Waals surface area contributed by atoms with Gasteiger partial charge >= 0.3 is 11.4 Å². The summed E-state index contributed by atoms with van der Waals surface area (Å²) in [6, 6.07) is 14.4. The van der Waals surface area contributed by atoms with Crippen LogP contribution in [0.25, 0.3) is 9.95 Å². The molecule has 2 rings (SSSR count). The molecule has 0 amide bonds. The van der Waals surface area contributed by atoms with Crippen molar-refractivity contribution in [2.24, 2.45) is 0 Å². The largest absolute Gasteiger partial charge is 0.867 e. The van der Waals surface area contributed by atoms with Crippen LogP contribution in [0.1, 0.15) is 0 Å². The minimum atomic E-state index is -3.17. The molecule has 112 valence electrons. The number of hydrogen-bond donors (Lipinski definition) is 0. The summed E-state index contributed by atoms with van der Waals surface area (Å²) >= 11 is 6.41. The Morgan fingerprint density at radius 2 is 1.09 bits per heavy atom. The summed E-state index contributed by atoms with van der Waals surface area (Å²) in [4.78, 5) is 6.05. The van der Waals surface area contributed by atoms with E-state index in [0.29, 0.717) is 11.4 Å². The van der Waals surface area contributed by atoms with Gasteiger partial charge in [0.05, 0.1) is 0 Å². The van der Waals surface area contributed by atoms with Crippen molar-refractivity contribution in [2.75, 3.05) is 0 Å². The Kier molecular flexibility index (Phi) is 10.8. The Bertz CT molecular complexity index is 618. The molecule has 0 aliphatic rings. The fourth-order valence-corrected chi connectivity index (χ4v) is 1.79. The molecular weight excluding hydrogens is 422 g/mol. The van der Waals surface area contributed by atoms with E-state index < -0.39 is 7.40 Å². The van der Waals surface area contributed by atoms with Gasteiger partial charge in [-0.25, -0.2) is 0 Å². The molecule has 0 saturated heterocycles. The zero-order valence-electron chi connectivity index (χ0n) is 10.9. The van der Waals surface area contributed by atoms with E-state index in [9.17, 15) is 4.32 Å². The van der Waals surface area contributed by atoms with Gasteiger partial charge in [-0.3, -0.25) is 0 Å². The third kappa shape index (κ3) is 9.16. The van der Waals surface area contributed by atoms with Crippen LogP contribution in [-0.4, -0.2) is 7.40 Å². The van der Waals surface area contributed by atoms with E-state index in [4.69, 9.17) is 20.8 Å². The average molecular weight is 430 g/mol. The molecule has 0 bridgehead atoms. The van der Waals surface area contributed by atoms with Crippen molar-refractivity contribution in [3.8, 4) is 0 Å². The zero-order valence-corrected chi connectivity index (χ0v) is 14.1. The van der Waals surface area contributed by atoms with E-state index in [1.165, 1.54) is 0 Å². The molecule has 0 unspecified atom stereocenters. The van der Waals surface area contributed by atoms with Gasteiger partial charge < -0.3 is 14.4 Å². The molecule has 0 atom stereocenters. The summed E-state index contributed by atoms with van der Waals surface area (Å²) in [5, 5.41) is 33.2. The first-order valence-electron chi connectivity index (χ1n) is 5.57. The predicted octanol–water partition coefficient (Wildman–Crippen LogP) is 3.53. The van der Waals surface area contributed by atoms with Crippen molar-refractivity contribution in [2.45, 2.75) is 0 Å². The molecule has 0 aromatic heterocycles. The van der Waals surface area contributed by atoms with Crippen molar-refractivity contribution >= 4 is 50.6 Å². The lowest BCUT2D eigenvalue weighted by molar-refractivity contribution is -0.366. The molecule has 0 fully saturated rings. The molecule has 0 radical (unpaired) electrons. The van der Waals surface area contributed by atoms with Crippen LogP contribution >= 0.6 is 31.9 Å². The highest BCUT2D eigenvalue weighted by Crippen LogP contribution is 2.24. The van der Waals surface area contributed by atoms with Crippen LogP contribution in [0, 0.1) is 10.8 Å². The van der Waals surface area contributed by atoms with E-state index in [1.807, 2.05) is 24.3 Å². The summed E-state index contributed by atoms with van der Waals surface area (Å²) in [7, 11) is -3.17. The van der Waals surface area contributed by atoms with Crippen LogP contribution in [0.4, 0.5) is 15.7 Å². The van der Waals surface area contributed by atoms with Gasteiger partial charge in [-0.15, -0.1) is 0 Å². The minimum absolute atomic E-state index is 0.553.